The molecule has 0 spiro atoms. The van der Waals surface area contributed by atoms with E-state index in [2.05, 4.69) is 97.1 Å². The van der Waals surface area contributed by atoms with E-state index in [4.69, 9.17) is 23.8 Å². The fourth-order valence-electron chi connectivity index (χ4n) is 6.85. The van der Waals surface area contributed by atoms with Crippen molar-refractivity contribution < 1.29 is 8.83 Å². The van der Waals surface area contributed by atoms with Crippen molar-refractivity contribution in [3.05, 3.63) is 164 Å². The van der Waals surface area contributed by atoms with E-state index in [0.29, 0.717) is 17.5 Å². The number of hydrogen-bond donors (Lipinski definition) is 0. The number of para-hydroxylation sites is 2. The molecule has 7 aromatic carbocycles. The van der Waals surface area contributed by atoms with E-state index in [0.717, 1.165) is 77.3 Å². The van der Waals surface area contributed by atoms with Crippen molar-refractivity contribution in [3.8, 4) is 56.4 Å². The summed E-state index contributed by atoms with van der Waals surface area (Å²) in [6, 6.07) is 55.8. The molecule has 0 bridgehead atoms. The van der Waals surface area contributed by atoms with Gasteiger partial charge in [-0.2, -0.15) is 0 Å². The normalized spacial score (nSPS) is 11.6. The topological polar surface area (TPSA) is 65.0 Å². The van der Waals surface area contributed by atoms with Gasteiger partial charge in [0.25, 0.3) is 0 Å². The fraction of sp³-hybridized carbons (Fsp3) is 0. The minimum absolute atomic E-state index is 0.602. The third-order valence-corrected chi connectivity index (χ3v) is 9.36. The van der Waals surface area contributed by atoms with Crippen molar-refractivity contribution in [1.82, 2.24) is 15.0 Å². The van der Waals surface area contributed by atoms with Gasteiger partial charge in [0.2, 0.25) is 0 Å². The Morgan fingerprint density at radius 3 is 1.62 bits per heavy atom. The lowest BCUT2D eigenvalue weighted by Crippen LogP contribution is -2.00. The van der Waals surface area contributed by atoms with Gasteiger partial charge in [0.15, 0.2) is 17.5 Å². The lowest BCUT2D eigenvalue weighted by atomic mass is 10.0. The second-order valence-electron chi connectivity index (χ2n) is 12.4. The van der Waals surface area contributed by atoms with E-state index in [9.17, 15) is 0 Å². The Hall–Kier alpha value is -6.85. The van der Waals surface area contributed by atoms with Crippen molar-refractivity contribution in [3.63, 3.8) is 0 Å². The maximum Gasteiger partial charge on any atom is 0.164 e. The van der Waals surface area contributed by atoms with Crippen LogP contribution in [0.15, 0.2) is 173 Å². The van der Waals surface area contributed by atoms with Crippen LogP contribution in [0.1, 0.15) is 0 Å². The Morgan fingerprint density at radius 2 is 0.840 bits per heavy atom. The first-order valence-electron chi connectivity index (χ1n) is 16.6. The van der Waals surface area contributed by atoms with Crippen LogP contribution in [-0.2, 0) is 0 Å². The molecule has 234 valence electrons. The molecule has 0 saturated heterocycles. The first kappa shape index (κ1) is 28.2. The van der Waals surface area contributed by atoms with Crippen LogP contribution in [-0.4, -0.2) is 15.0 Å². The molecular formula is C45H27N3O2. The fourth-order valence-corrected chi connectivity index (χ4v) is 6.85. The molecule has 5 nitrogen and oxygen atoms in total. The molecule has 0 aliphatic carbocycles. The summed E-state index contributed by atoms with van der Waals surface area (Å²) in [6.07, 6.45) is 0. The molecule has 10 aromatic rings. The third kappa shape index (κ3) is 4.75. The molecule has 0 atom stereocenters. The number of rotatable bonds is 5. The highest BCUT2D eigenvalue weighted by Crippen LogP contribution is 2.39. The molecule has 0 aliphatic rings. The van der Waals surface area contributed by atoms with Gasteiger partial charge in [-0.1, -0.05) is 127 Å². The standard InChI is InChI=1S/C45H27N3O2/c1-3-10-28(11-4-1)29-18-20-31(21-19-29)44-46-43(30-12-5-2-6-13-30)47-45(48-44)33-23-25-40-38(26-33)36-24-22-32(27-41(36)49-40)34-15-9-16-37-35-14-7-8-17-39(35)50-42(34)37/h1-27H. The van der Waals surface area contributed by atoms with E-state index in [1.54, 1.807) is 0 Å². The van der Waals surface area contributed by atoms with Crippen LogP contribution in [0.4, 0.5) is 0 Å². The van der Waals surface area contributed by atoms with Crippen LogP contribution in [0.25, 0.3) is 100 Å². The number of fused-ring (bicyclic) bond motifs is 6. The molecule has 0 saturated carbocycles. The summed E-state index contributed by atoms with van der Waals surface area (Å²) in [4.78, 5) is 14.9. The molecule has 0 aliphatic heterocycles. The van der Waals surface area contributed by atoms with Crippen LogP contribution < -0.4 is 0 Å². The summed E-state index contributed by atoms with van der Waals surface area (Å²) in [7, 11) is 0. The maximum absolute atomic E-state index is 6.43. The molecule has 50 heavy (non-hydrogen) atoms. The van der Waals surface area contributed by atoms with Gasteiger partial charge in [-0.3, -0.25) is 0 Å². The molecule has 0 unspecified atom stereocenters. The zero-order chi connectivity index (χ0) is 33.0. The van der Waals surface area contributed by atoms with Gasteiger partial charge in [-0.25, -0.2) is 15.0 Å². The highest BCUT2D eigenvalue weighted by atomic mass is 16.3. The lowest BCUT2D eigenvalue weighted by molar-refractivity contribution is 0.668. The van der Waals surface area contributed by atoms with Crippen molar-refractivity contribution in [1.29, 1.82) is 0 Å². The molecule has 3 aromatic heterocycles. The second kappa shape index (κ2) is 11.4. The van der Waals surface area contributed by atoms with Crippen LogP contribution in [0.3, 0.4) is 0 Å². The van der Waals surface area contributed by atoms with Gasteiger partial charge in [0.05, 0.1) is 0 Å². The van der Waals surface area contributed by atoms with Gasteiger partial charge in [0.1, 0.15) is 22.3 Å². The Bertz CT molecular complexity index is 2850. The van der Waals surface area contributed by atoms with Crippen LogP contribution in [0.5, 0.6) is 0 Å². The van der Waals surface area contributed by atoms with E-state index in [1.807, 2.05) is 66.7 Å². The van der Waals surface area contributed by atoms with E-state index >= 15 is 0 Å². The zero-order valence-electron chi connectivity index (χ0n) is 26.7. The Balaban J connectivity index is 1.07. The molecular weight excluding hydrogens is 615 g/mol. The average molecular weight is 642 g/mol. The summed E-state index contributed by atoms with van der Waals surface area (Å²) in [6.45, 7) is 0. The first-order chi connectivity index (χ1) is 24.7. The van der Waals surface area contributed by atoms with Gasteiger partial charge >= 0.3 is 0 Å². The van der Waals surface area contributed by atoms with Crippen molar-refractivity contribution in [2.75, 3.05) is 0 Å². The summed E-state index contributed by atoms with van der Waals surface area (Å²) in [5.74, 6) is 1.85. The van der Waals surface area contributed by atoms with E-state index in [1.165, 1.54) is 5.56 Å². The SMILES string of the molecule is c1ccc(-c2ccc(-c3nc(-c4ccccc4)nc(-c4ccc5oc6cc(-c7cccc8c7oc7ccccc78)ccc6c5c4)n3)cc2)cc1. The van der Waals surface area contributed by atoms with Gasteiger partial charge < -0.3 is 8.83 Å². The van der Waals surface area contributed by atoms with Crippen LogP contribution in [0, 0.1) is 0 Å². The summed E-state index contributed by atoms with van der Waals surface area (Å²) < 4.78 is 12.8. The number of aromatic nitrogens is 3. The molecule has 0 fully saturated rings. The first-order valence-corrected chi connectivity index (χ1v) is 16.6. The minimum atomic E-state index is 0.602. The van der Waals surface area contributed by atoms with Crippen molar-refractivity contribution >= 4 is 43.9 Å². The minimum Gasteiger partial charge on any atom is -0.456 e. The van der Waals surface area contributed by atoms with Gasteiger partial charge in [-0.15, -0.1) is 0 Å². The molecule has 10 rings (SSSR count). The molecule has 3 heterocycles. The monoisotopic (exact) mass is 641 g/mol. The third-order valence-electron chi connectivity index (χ3n) is 9.36. The quantitative estimate of drug-likeness (QED) is 0.187. The Labute approximate surface area is 287 Å². The van der Waals surface area contributed by atoms with Crippen molar-refractivity contribution in [2.24, 2.45) is 0 Å². The Morgan fingerprint density at radius 1 is 0.300 bits per heavy atom. The van der Waals surface area contributed by atoms with Crippen LogP contribution >= 0.6 is 0 Å². The maximum atomic E-state index is 6.43. The lowest BCUT2D eigenvalue weighted by Gasteiger charge is -2.09. The molecule has 0 amide bonds. The number of hydrogen-bond acceptors (Lipinski definition) is 5. The highest BCUT2D eigenvalue weighted by molar-refractivity contribution is 6.11. The predicted molar refractivity (Wildman–Crippen MR) is 202 cm³/mol. The molecule has 0 N–H and O–H groups in total. The number of benzene rings is 7. The summed E-state index contributed by atoms with van der Waals surface area (Å²) in [5, 5.41) is 4.24. The Kier molecular flexibility index (Phi) is 6.42. The van der Waals surface area contributed by atoms with E-state index in [-0.39, 0.29) is 0 Å². The number of furan rings is 2. The predicted octanol–water partition coefficient (Wildman–Crippen LogP) is 12.0. The zero-order valence-corrected chi connectivity index (χ0v) is 26.7. The second-order valence-corrected chi connectivity index (χ2v) is 12.4. The molecule has 5 heteroatoms. The average Bonchev–Trinajstić information content (AvgIpc) is 3.76. The van der Waals surface area contributed by atoms with Crippen LogP contribution in [0.2, 0.25) is 0 Å². The summed E-state index contributed by atoms with van der Waals surface area (Å²) >= 11 is 0. The van der Waals surface area contributed by atoms with Gasteiger partial charge in [0, 0.05) is 43.8 Å². The van der Waals surface area contributed by atoms with Crippen molar-refractivity contribution in [2.45, 2.75) is 0 Å². The highest BCUT2D eigenvalue weighted by Gasteiger charge is 2.17. The summed E-state index contributed by atoms with van der Waals surface area (Å²) in [5.41, 5.74) is 10.5. The van der Waals surface area contributed by atoms with Gasteiger partial charge in [-0.05, 0) is 53.1 Å². The number of nitrogens with zero attached hydrogens (tertiary/aromatic N) is 3. The largest absolute Gasteiger partial charge is 0.456 e. The smallest absolute Gasteiger partial charge is 0.164 e. The molecule has 0 radical (unpaired) electrons. The van der Waals surface area contributed by atoms with E-state index < -0.39 is 0 Å².